The van der Waals surface area contributed by atoms with Gasteiger partial charge < -0.3 is 15.2 Å². The number of H-pyrrole nitrogens is 1. The average molecular weight is 336 g/mol. The van der Waals surface area contributed by atoms with Gasteiger partial charge in [0.2, 0.25) is 11.8 Å². The lowest BCUT2D eigenvalue weighted by atomic mass is 9.84. The van der Waals surface area contributed by atoms with Gasteiger partial charge in [0, 0.05) is 11.3 Å². The van der Waals surface area contributed by atoms with Crippen molar-refractivity contribution in [1.82, 2.24) is 10.2 Å². The molecule has 4 rings (SSSR count). The highest BCUT2D eigenvalue weighted by Crippen LogP contribution is 2.43. The highest BCUT2D eigenvalue weighted by molar-refractivity contribution is 5.55. The van der Waals surface area contributed by atoms with Crippen molar-refractivity contribution >= 4 is 0 Å². The first-order chi connectivity index (χ1) is 12.2. The van der Waals surface area contributed by atoms with E-state index < -0.39 is 0 Å². The Bertz CT molecular complexity index is 872. The van der Waals surface area contributed by atoms with E-state index in [0.717, 1.165) is 35.4 Å². The van der Waals surface area contributed by atoms with Crippen molar-refractivity contribution in [2.75, 3.05) is 0 Å². The standard InChI is InChI=1S/C19H20N4O2/c1-11-16-17(15(10-20)18(21)25-19(16)23-22-11)12-5-4-8-14(9-12)24-13-6-2-3-7-13/h4-5,8-9,13,17H,2-3,6-7,21H2,1H3,(H,22,23). The van der Waals surface area contributed by atoms with E-state index in [2.05, 4.69) is 16.3 Å². The molecule has 1 aromatic carbocycles. The molecule has 6 nitrogen and oxygen atoms in total. The number of fused-ring (bicyclic) bond motifs is 1. The molecule has 1 aliphatic heterocycles. The zero-order valence-electron chi connectivity index (χ0n) is 14.1. The summed E-state index contributed by atoms with van der Waals surface area (Å²) in [5, 5.41) is 16.7. The fourth-order valence-corrected chi connectivity index (χ4v) is 3.70. The molecule has 3 N–H and O–H groups in total. The maximum absolute atomic E-state index is 9.62. The number of rotatable bonds is 3. The molecule has 1 fully saturated rings. The first-order valence-electron chi connectivity index (χ1n) is 8.56. The van der Waals surface area contributed by atoms with E-state index in [1.54, 1.807) is 0 Å². The minimum Gasteiger partial charge on any atom is -0.490 e. The van der Waals surface area contributed by atoms with Crippen LogP contribution in [0, 0.1) is 18.3 Å². The number of allylic oxidation sites excluding steroid dienone is 1. The fraction of sp³-hybridized carbons (Fsp3) is 0.368. The molecule has 1 unspecified atom stereocenters. The molecule has 128 valence electrons. The summed E-state index contributed by atoms with van der Waals surface area (Å²) in [5.41, 5.74) is 9.02. The van der Waals surface area contributed by atoms with Crippen LogP contribution in [0.15, 0.2) is 35.7 Å². The lowest BCUT2D eigenvalue weighted by molar-refractivity contribution is 0.210. The van der Waals surface area contributed by atoms with Crippen LogP contribution in [-0.2, 0) is 0 Å². The summed E-state index contributed by atoms with van der Waals surface area (Å²) in [6, 6.07) is 10.1. The van der Waals surface area contributed by atoms with Crippen molar-refractivity contribution in [2.24, 2.45) is 5.73 Å². The number of nitrogens with zero attached hydrogens (tertiary/aromatic N) is 2. The summed E-state index contributed by atoms with van der Waals surface area (Å²) in [5.74, 6) is 1.06. The summed E-state index contributed by atoms with van der Waals surface area (Å²) >= 11 is 0. The number of nitrogens with two attached hydrogens (primary N) is 1. The van der Waals surface area contributed by atoms with Crippen LogP contribution < -0.4 is 15.2 Å². The van der Waals surface area contributed by atoms with E-state index in [1.807, 2.05) is 31.2 Å². The fourth-order valence-electron chi connectivity index (χ4n) is 3.70. The number of nitrogens with one attached hydrogen (secondary N) is 1. The van der Waals surface area contributed by atoms with Crippen LogP contribution in [0.2, 0.25) is 0 Å². The van der Waals surface area contributed by atoms with Gasteiger partial charge in [0.25, 0.3) is 0 Å². The van der Waals surface area contributed by atoms with Crippen molar-refractivity contribution in [1.29, 1.82) is 5.26 Å². The maximum Gasteiger partial charge on any atom is 0.244 e. The van der Waals surface area contributed by atoms with Gasteiger partial charge >= 0.3 is 0 Å². The van der Waals surface area contributed by atoms with Crippen LogP contribution in [0.3, 0.4) is 0 Å². The molecule has 1 atom stereocenters. The number of benzene rings is 1. The molecule has 1 aliphatic carbocycles. The topological polar surface area (TPSA) is 97.0 Å². The van der Waals surface area contributed by atoms with Crippen LogP contribution in [0.25, 0.3) is 0 Å². The van der Waals surface area contributed by atoms with Gasteiger partial charge in [-0.2, -0.15) is 5.26 Å². The van der Waals surface area contributed by atoms with Crippen LogP contribution in [0.5, 0.6) is 11.6 Å². The van der Waals surface area contributed by atoms with Gasteiger partial charge in [0.15, 0.2) is 0 Å². The molecule has 0 bridgehead atoms. The Hall–Kier alpha value is -2.94. The summed E-state index contributed by atoms with van der Waals surface area (Å²) in [6.45, 7) is 1.91. The number of aryl methyl sites for hydroxylation is 1. The van der Waals surface area contributed by atoms with E-state index in [1.165, 1.54) is 12.8 Å². The predicted octanol–water partition coefficient (Wildman–Crippen LogP) is 3.26. The largest absolute Gasteiger partial charge is 0.490 e. The first kappa shape index (κ1) is 15.6. The number of aromatic amines is 1. The van der Waals surface area contributed by atoms with Crippen molar-refractivity contribution in [3.05, 3.63) is 52.5 Å². The molecule has 2 aromatic rings. The van der Waals surface area contributed by atoms with Crippen LogP contribution >= 0.6 is 0 Å². The third kappa shape index (κ3) is 2.72. The molecule has 0 saturated heterocycles. The maximum atomic E-state index is 9.62. The minimum absolute atomic E-state index is 0.105. The zero-order chi connectivity index (χ0) is 17.4. The highest BCUT2D eigenvalue weighted by Gasteiger charge is 2.34. The monoisotopic (exact) mass is 336 g/mol. The molecular weight excluding hydrogens is 316 g/mol. The Balaban J connectivity index is 1.74. The molecule has 2 heterocycles. The van der Waals surface area contributed by atoms with Crippen LogP contribution in [0.1, 0.15) is 48.4 Å². The second kappa shape index (κ2) is 6.17. The Morgan fingerprint density at radius 3 is 2.92 bits per heavy atom. The molecule has 0 amide bonds. The van der Waals surface area contributed by atoms with E-state index in [-0.39, 0.29) is 17.9 Å². The second-order valence-electron chi connectivity index (χ2n) is 6.59. The molecule has 2 aliphatic rings. The van der Waals surface area contributed by atoms with Gasteiger partial charge in [-0.25, -0.2) is 0 Å². The van der Waals surface area contributed by atoms with Crippen LogP contribution in [-0.4, -0.2) is 16.3 Å². The molecule has 1 saturated carbocycles. The Labute approximate surface area is 146 Å². The van der Waals surface area contributed by atoms with E-state index in [0.29, 0.717) is 11.5 Å². The van der Waals surface area contributed by atoms with Gasteiger partial charge in [0.1, 0.15) is 17.4 Å². The lowest BCUT2D eigenvalue weighted by Gasteiger charge is -2.24. The van der Waals surface area contributed by atoms with Gasteiger partial charge in [-0.15, -0.1) is 5.10 Å². The summed E-state index contributed by atoms with van der Waals surface area (Å²) in [4.78, 5) is 0. The number of hydrogen-bond donors (Lipinski definition) is 2. The molecule has 0 radical (unpaired) electrons. The Kier molecular flexibility index (Phi) is 3.85. The summed E-state index contributed by atoms with van der Waals surface area (Å²) < 4.78 is 11.6. The third-order valence-electron chi connectivity index (χ3n) is 4.93. The number of hydrogen-bond acceptors (Lipinski definition) is 5. The van der Waals surface area contributed by atoms with E-state index in [9.17, 15) is 5.26 Å². The van der Waals surface area contributed by atoms with E-state index >= 15 is 0 Å². The predicted molar refractivity (Wildman–Crippen MR) is 91.9 cm³/mol. The quantitative estimate of drug-likeness (QED) is 0.896. The number of nitriles is 1. The molecular formula is C19H20N4O2. The van der Waals surface area contributed by atoms with E-state index in [4.69, 9.17) is 15.2 Å². The summed E-state index contributed by atoms with van der Waals surface area (Å²) in [6.07, 6.45) is 4.93. The highest BCUT2D eigenvalue weighted by atomic mass is 16.5. The molecule has 6 heteroatoms. The SMILES string of the molecule is Cc1[nH]nc2c1C(c1cccc(OC3CCCC3)c1)C(C#N)=C(N)O2. The van der Waals surface area contributed by atoms with Crippen LogP contribution in [0.4, 0.5) is 0 Å². The molecule has 25 heavy (non-hydrogen) atoms. The molecule has 0 spiro atoms. The average Bonchev–Trinajstić information content (AvgIpc) is 3.24. The van der Waals surface area contributed by atoms with Gasteiger partial charge in [-0.05, 0) is 50.3 Å². The van der Waals surface area contributed by atoms with Crippen molar-refractivity contribution in [3.63, 3.8) is 0 Å². The van der Waals surface area contributed by atoms with Crippen molar-refractivity contribution in [2.45, 2.75) is 44.6 Å². The minimum atomic E-state index is -0.306. The van der Waals surface area contributed by atoms with Gasteiger partial charge in [0.05, 0.1) is 12.0 Å². The first-order valence-corrected chi connectivity index (χ1v) is 8.56. The zero-order valence-corrected chi connectivity index (χ0v) is 14.1. The smallest absolute Gasteiger partial charge is 0.244 e. The lowest BCUT2D eigenvalue weighted by Crippen LogP contribution is -2.21. The van der Waals surface area contributed by atoms with Gasteiger partial charge in [-0.3, -0.25) is 5.10 Å². The summed E-state index contributed by atoms with van der Waals surface area (Å²) in [7, 11) is 0. The second-order valence-corrected chi connectivity index (χ2v) is 6.59. The Morgan fingerprint density at radius 1 is 1.36 bits per heavy atom. The van der Waals surface area contributed by atoms with Crippen molar-refractivity contribution < 1.29 is 9.47 Å². The van der Waals surface area contributed by atoms with Crippen molar-refractivity contribution in [3.8, 4) is 17.7 Å². The molecule has 1 aromatic heterocycles. The number of ether oxygens (including phenoxy) is 2. The third-order valence-corrected chi connectivity index (χ3v) is 4.93. The van der Waals surface area contributed by atoms with Gasteiger partial charge in [-0.1, -0.05) is 12.1 Å². The Morgan fingerprint density at radius 2 is 2.16 bits per heavy atom. The number of aromatic nitrogens is 2. The normalized spacial score (nSPS) is 20.1.